The van der Waals surface area contributed by atoms with Crippen LogP contribution in [-0.4, -0.2) is 4.98 Å². The summed E-state index contributed by atoms with van der Waals surface area (Å²) < 4.78 is 0. The minimum absolute atomic E-state index is 1.05. The first-order chi connectivity index (χ1) is 17.0. The number of hydrogen-bond acceptors (Lipinski definition) is 1. The highest BCUT2D eigenvalue weighted by Gasteiger charge is 2.30. The van der Waals surface area contributed by atoms with Crippen molar-refractivity contribution in [3.63, 3.8) is 0 Å². The van der Waals surface area contributed by atoms with E-state index in [9.17, 15) is 0 Å². The summed E-state index contributed by atoms with van der Waals surface area (Å²) in [6.45, 7) is 6.45. The van der Waals surface area contributed by atoms with Crippen LogP contribution < -0.4 is 0 Å². The van der Waals surface area contributed by atoms with Gasteiger partial charge >= 0.3 is 0 Å². The summed E-state index contributed by atoms with van der Waals surface area (Å²) in [4.78, 5) is 5.39. The van der Waals surface area contributed by atoms with E-state index in [1.165, 1.54) is 72.6 Å². The van der Waals surface area contributed by atoms with Gasteiger partial charge in [-0.05, 0) is 103 Å². The molecule has 1 aromatic heterocycles. The maximum atomic E-state index is 5.39. The second kappa shape index (κ2) is 8.82. The molecule has 35 heavy (non-hydrogen) atoms. The lowest BCUT2D eigenvalue weighted by molar-refractivity contribution is 1.05. The van der Waals surface area contributed by atoms with Gasteiger partial charge in [0, 0.05) is 0 Å². The van der Waals surface area contributed by atoms with Crippen molar-refractivity contribution in [1.82, 2.24) is 4.98 Å². The third kappa shape index (κ3) is 4.17. The van der Waals surface area contributed by atoms with Crippen LogP contribution in [0.3, 0.4) is 0 Å². The van der Waals surface area contributed by atoms with Crippen LogP contribution >= 0.6 is 0 Å². The zero-order chi connectivity index (χ0) is 23.9. The fraction of sp³-hybridized carbons (Fsp3) is 0.206. The molecule has 0 fully saturated rings. The van der Waals surface area contributed by atoms with Crippen molar-refractivity contribution in [3.05, 3.63) is 123 Å². The SMILES string of the molecule is Cc1ccc(C=C2CCc3c2nc2c(c3-c3ccc(C)cc3)CCC2=Cc2ccc(C)cc2)cc1. The molecule has 2 aliphatic rings. The van der Waals surface area contributed by atoms with Gasteiger partial charge in [0.1, 0.15) is 0 Å². The van der Waals surface area contributed by atoms with Gasteiger partial charge in [-0.15, -0.1) is 0 Å². The number of aromatic nitrogens is 1. The molecule has 0 aliphatic heterocycles. The first-order valence-corrected chi connectivity index (χ1v) is 12.7. The highest BCUT2D eigenvalue weighted by Crippen LogP contribution is 2.46. The monoisotopic (exact) mass is 453 g/mol. The Kier molecular flexibility index (Phi) is 5.49. The number of hydrogen-bond donors (Lipinski definition) is 0. The third-order valence-corrected chi connectivity index (χ3v) is 7.47. The normalized spacial score (nSPS) is 16.7. The second-order valence-electron chi connectivity index (χ2n) is 10.2. The van der Waals surface area contributed by atoms with Crippen LogP contribution in [-0.2, 0) is 12.8 Å². The Labute approximate surface area is 208 Å². The van der Waals surface area contributed by atoms with Gasteiger partial charge in [-0.1, -0.05) is 89.5 Å². The highest BCUT2D eigenvalue weighted by atomic mass is 14.8. The van der Waals surface area contributed by atoms with Gasteiger partial charge < -0.3 is 0 Å². The maximum absolute atomic E-state index is 5.39. The summed E-state index contributed by atoms with van der Waals surface area (Å²) in [5, 5.41) is 0. The van der Waals surface area contributed by atoms with Crippen molar-refractivity contribution in [2.24, 2.45) is 0 Å². The maximum Gasteiger partial charge on any atom is 0.0707 e. The van der Waals surface area contributed by atoms with E-state index in [-0.39, 0.29) is 0 Å². The minimum atomic E-state index is 1.05. The van der Waals surface area contributed by atoms with Gasteiger partial charge in [-0.3, -0.25) is 0 Å². The van der Waals surface area contributed by atoms with Gasteiger partial charge in [0.15, 0.2) is 0 Å². The Morgan fingerprint density at radius 1 is 0.514 bits per heavy atom. The molecule has 0 atom stereocenters. The standard InChI is InChI=1S/C34H31N/c1-22-4-10-25(11-5-22)20-28-16-18-30-32(27-14-8-24(3)9-15-27)31-19-17-29(34(31)35-33(28)30)21-26-12-6-23(2)7-13-26/h4-15,20-21H,16-19H2,1-3H3. The molecular formula is C34H31N. The largest absolute Gasteiger partial charge is 0.248 e. The smallest absolute Gasteiger partial charge is 0.0707 e. The summed E-state index contributed by atoms with van der Waals surface area (Å²) >= 11 is 0. The summed E-state index contributed by atoms with van der Waals surface area (Å²) in [5.74, 6) is 0. The topological polar surface area (TPSA) is 12.9 Å². The molecule has 172 valence electrons. The molecule has 0 saturated carbocycles. The molecule has 3 aromatic carbocycles. The van der Waals surface area contributed by atoms with E-state index in [0.717, 1.165) is 25.7 Å². The molecule has 0 radical (unpaired) electrons. The molecule has 0 unspecified atom stereocenters. The summed E-state index contributed by atoms with van der Waals surface area (Å²) in [7, 11) is 0. The van der Waals surface area contributed by atoms with Gasteiger partial charge in [-0.2, -0.15) is 0 Å². The van der Waals surface area contributed by atoms with E-state index < -0.39 is 0 Å². The van der Waals surface area contributed by atoms with Crippen molar-refractivity contribution in [1.29, 1.82) is 0 Å². The summed E-state index contributed by atoms with van der Waals surface area (Å²) in [6, 6.07) is 26.7. The van der Waals surface area contributed by atoms with Crippen molar-refractivity contribution >= 4 is 23.3 Å². The van der Waals surface area contributed by atoms with E-state index in [4.69, 9.17) is 4.98 Å². The van der Waals surface area contributed by atoms with Crippen molar-refractivity contribution in [2.45, 2.75) is 46.5 Å². The second-order valence-corrected chi connectivity index (χ2v) is 10.2. The average molecular weight is 454 g/mol. The number of allylic oxidation sites excluding steroid dienone is 2. The molecule has 0 saturated heterocycles. The first-order valence-electron chi connectivity index (χ1n) is 12.7. The third-order valence-electron chi connectivity index (χ3n) is 7.47. The number of pyridine rings is 1. The summed E-state index contributed by atoms with van der Waals surface area (Å²) in [6.07, 6.45) is 8.93. The van der Waals surface area contributed by atoms with Crippen LogP contribution in [0.25, 0.3) is 34.4 Å². The quantitative estimate of drug-likeness (QED) is 0.302. The van der Waals surface area contributed by atoms with Crippen molar-refractivity contribution in [3.8, 4) is 11.1 Å². The number of benzene rings is 3. The predicted molar refractivity (Wildman–Crippen MR) is 149 cm³/mol. The number of fused-ring (bicyclic) bond motifs is 2. The molecule has 0 N–H and O–H groups in total. The number of rotatable bonds is 3. The molecule has 1 nitrogen and oxygen atoms in total. The lowest BCUT2D eigenvalue weighted by atomic mass is 9.92. The Morgan fingerprint density at radius 2 is 0.914 bits per heavy atom. The van der Waals surface area contributed by atoms with Gasteiger partial charge in [0.05, 0.1) is 11.4 Å². The van der Waals surface area contributed by atoms with Crippen LogP contribution in [0.2, 0.25) is 0 Å². The van der Waals surface area contributed by atoms with E-state index >= 15 is 0 Å². The van der Waals surface area contributed by atoms with Crippen LogP contribution in [0.1, 0.15) is 63.2 Å². The number of nitrogens with zero attached hydrogens (tertiary/aromatic N) is 1. The van der Waals surface area contributed by atoms with Crippen LogP contribution in [0.4, 0.5) is 0 Å². The Hall–Kier alpha value is -3.71. The van der Waals surface area contributed by atoms with Crippen LogP contribution in [0, 0.1) is 20.8 Å². The lowest BCUT2D eigenvalue weighted by Gasteiger charge is -2.15. The molecule has 0 spiro atoms. The van der Waals surface area contributed by atoms with Gasteiger partial charge in [0.25, 0.3) is 0 Å². The molecular weight excluding hydrogens is 422 g/mol. The average Bonchev–Trinajstić information content (AvgIpc) is 3.45. The first kappa shape index (κ1) is 21.8. The Bertz CT molecular complexity index is 1370. The van der Waals surface area contributed by atoms with E-state index in [0.29, 0.717) is 0 Å². The Balaban J connectivity index is 1.53. The molecule has 0 amide bonds. The van der Waals surface area contributed by atoms with Crippen molar-refractivity contribution < 1.29 is 0 Å². The van der Waals surface area contributed by atoms with Crippen LogP contribution in [0.15, 0.2) is 72.8 Å². The summed E-state index contributed by atoms with van der Waals surface area (Å²) in [5.41, 5.74) is 17.2. The molecule has 6 rings (SSSR count). The van der Waals surface area contributed by atoms with E-state index in [1.807, 2.05) is 0 Å². The fourth-order valence-corrected chi connectivity index (χ4v) is 5.52. The van der Waals surface area contributed by atoms with Gasteiger partial charge in [-0.25, -0.2) is 4.98 Å². The molecule has 1 heterocycles. The minimum Gasteiger partial charge on any atom is -0.248 e. The lowest BCUT2D eigenvalue weighted by Crippen LogP contribution is -2.00. The van der Waals surface area contributed by atoms with E-state index in [2.05, 4.69) is 106 Å². The number of aryl methyl sites for hydroxylation is 3. The van der Waals surface area contributed by atoms with Crippen molar-refractivity contribution in [2.75, 3.05) is 0 Å². The zero-order valence-electron chi connectivity index (χ0n) is 20.9. The zero-order valence-corrected chi connectivity index (χ0v) is 20.9. The highest BCUT2D eigenvalue weighted by molar-refractivity contribution is 5.93. The molecule has 4 aromatic rings. The Morgan fingerprint density at radius 3 is 1.34 bits per heavy atom. The van der Waals surface area contributed by atoms with Crippen LogP contribution in [0.5, 0.6) is 0 Å². The molecule has 0 bridgehead atoms. The molecule has 1 heteroatoms. The predicted octanol–water partition coefficient (Wildman–Crippen LogP) is 8.65. The fourth-order valence-electron chi connectivity index (χ4n) is 5.52. The molecule has 2 aliphatic carbocycles. The van der Waals surface area contributed by atoms with E-state index in [1.54, 1.807) is 0 Å². The van der Waals surface area contributed by atoms with Gasteiger partial charge in [0.2, 0.25) is 0 Å².